The van der Waals surface area contributed by atoms with E-state index in [0.717, 1.165) is 66.1 Å². The van der Waals surface area contributed by atoms with E-state index in [-0.39, 0.29) is 5.54 Å². The molecule has 2 N–H and O–H groups in total. The summed E-state index contributed by atoms with van der Waals surface area (Å²) in [7, 11) is 0. The van der Waals surface area contributed by atoms with Crippen LogP contribution in [0.3, 0.4) is 0 Å². The summed E-state index contributed by atoms with van der Waals surface area (Å²) in [5.74, 6) is 0.982. The third kappa shape index (κ3) is 2.49. The van der Waals surface area contributed by atoms with Crippen LogP contribution < -0.4 is 15.4 Å². The van der Waals surface area contributed by atoms with Crippen molar-refractivity contribution in [3.63, 3.8) is 0 Å². The summed E-state index contributed by atoms with van der Waals surface area (Å²) < 4.78 is 7.81. The fraction of sp³-hybridized carbons (Fsp3) is 0.444. The number of hydrogen-bond donors (Lipinski definition) is 1. The lowest BCUT2D eigenvalue weighted by molar-refractivity contribution is 0.358. The molecule has 0 spiro atoms. The number of anilines is 1. The third-order valence-corrected chi connectivity index (χ3v) is 6.22. The quantitative estimate of drug-likeness (QED) is 0.765. The van der Waals surface area contributed by atoms with E-state index in [0.29, 0.717) is 0 Å². The minimum atomic E-state index is -0.0546. The van der Waals surface area contributed by atoms with Gasteiger partial charge < -0.3 is 15.4 Å². The largest absolute Gasteiger partial charge is 0.492 e. The van der Waals surface area contributed by atoms with Crippen molar-refractivity contribution in [2.75, 3.05) is 24.6 Å². The number of imidazole rings is 1. The molecule has 0 unspecified atom stereocenters. The number of nitrogens with zero attached hydrogens (tertiary/aromatic N) is 4. The summed E-state index contributed by atoms with van der Waals surface area (Å²) in [4.78, 5) is 7.82. The van der Waals surface area contributed by atoms with E-state index >= 15 is 0 Å². The van der Waals surface area contributed by atoms with Crippen LogP contribution in [-0.4, -0.2) is 39.8 Å². The lowest BCUT2D eigenvalue weighted by Crippen LogP contribution is -2.48. The van der Waals surface area contributed by atoms with Crippen LogP contribution in [0.5, 0.6) is 5.75 Å². The first-order chi connectivity index (χ1) is 12.1. The number of benzene rings is 1. The molecule has 2 aliphatic rings. The van der Waals surface area contributed by atoms with E-state index in [1.807, 2.05) is 10.7 Å². The number of hydrogen-bond acceptors (Lipinski definition) is 6. The van der Waals surface area contributed by atoms with Gasteiger partial charge in [-0.3, -0.25) is 0 Å². The van der Waals surface area contributed by atoms with Crippen LogP contribution >= 0.6 is 11.3 Å². The van der Waals surface area contributed by atoms with Gasteiger partial charge in [0, 0.05) is 30.6 Å². The standard InChI is InChI=1S/C18H21N5OS/c1-18(19)6-8-22(9-7-18)17-21-23-14(11-20-16(23)25-17)13-4-2-3-12-5-10-24-15(12)13/h2-4,11H,5-10,19H2,1H3. The Labute approximate surface area is 150 Å². The van der Waals surface area contributed by atoms with Crippen LogP contribution in [-0.2, 0) is 6.42 Å². The lowest BCUT2D eigenvalue weighted by atomic mass is 9.91. The van der Waals surface area contributed by atoms with Crippen molar-refractivity contribution < 1.29 is 4.74 Å². The molecule has 2 aromatic heterocycles. The maximum Gasteiger partial charge on any atom is 0.214 e. The number of nitrogens with two attached hydrogens (primary N) is 1. The molecule has 7 heteroatoms. The van der Waals surface area contributed by atoms with Gasteiger partial charge in [0.1, 0.15) is 5.75 Å². The van der Waals surface area contributed by atoms with Gasteiger partial charge in [-0.15, -0.1) is 5.10 Å². The average Bonchev–Trinajstić information content (AvgIpc) is 3.29. The van der Waals surface area contributed by atoms with Crippen molar-refractivity contribution in [2.45, 2.75) is 31.7 Å². The Hall–Kier alpha value is -2.12. The molecule has 0 radical (unpaired) electrons. The summed E-state index contributed by atoms with van der Waals surface area (Å²) in [6.07, 6.45) is 4.84. The summed E-state index contributed by atoms with van der Waals surface area (Å²) in [6, 6.07) is 6.31. The summed E-state index contributed by atoms with van der Waals surface area (Å²) in [5.41, 5.74) is 9.53. The maximum atomic E-state index is 6.25. The van der Waals surface area contributed by atoms with Gasteiger partial charge in [-0.25, -0.2) is 9.50 Å². The van der Waals surface area contributed by atoms with Crippen LogP contribution in [0.15, 0.2) is 24.4 Å². The second-order valence-corrected chi connectivity index (χ2v) is 8.19. The Kier molecular flexibility index (Phi) is 3.30. The highest BCUT2D eigenvalue weighted by Crippen LogP contribution is 2.38. The molecule has 0 bridgehead atoms. The minimum Gasteiger partial charge on any atom is -0.492 e. The SMILES string of the molecule is CC1(N)CCN(c2nn3c(-c4cccc5c4OCC5)cnc3s2)CC1. The molecule has 25 heavy (non-hydrogen) atoms. The molecule has 1 fully saturated rings. The first-order valence-electron chi connectivity index (χ1n) is 8.74. The number of para-hydroxylation sites is 1. The second kappa shape index (κ2) is 5.44. The number of aromatic nitrogens is 3. The zero-order valence-corrected chi connectivity index (χ0v) is 15.1. The Balaban J connectivity index is 1.52. The van der Waals surface area contributed by atoms with Crippen molar-refractivity contribution in [1.29, 1.82) is 0 Å². The monoisotopic (exact) mass is 355 g/mol. The molecule has 0 aliphatic carbocycles. The highest BCUT2D eigenvalue weighted by molar-refractivity contribution is 7.20. The number of ether oxygens (including phenoxy) is 1. The molecule has 1 saturated heterocycles. The average molecular weight is 355 g/mol. The fourth-order valence-corrected chi connectivity index (χ4v) is 4.55. The van der Waals surface area contributed by atoms with Gasteiger partial charge in [0.2, 0.25) is 10.1 Å². The molecule has 3 aromatic rings. The first kappa shape index (κ1) is 15.2. The highest BCUT2D eigenvalue weighted by Gasteiger charge is 2.28. The van der Waals surface area contributed by atoms with Crippen LogP contribution in [0.2, 0.25) is 0 Å². The van der Waals surface area contributed by atoms with Gasteiger partial charge in [0.15, 0.2) is 0 Å². The van der Waals surface area contributed by atoms with E-state index in [4.69, 9.17) is 15.6 Å². The maximum absolute atomic E-state index is 6.25. The molecule has 4 heterocycles. The van der Waals surface area contributed by atoms with Crippen molar-refractivity contribution in [1.82, 2.24) is 14.6 Å². The third-order valence-electron chi connectivity index (χ3n) is 5.24. The van der Waals surface area contributed by atoms with Crippen molar-refractivity contribution in [3.05, 3.63) is 30.0 Å². The fourth-order valence-electron chi connectivity index (χ4n) is 3.62. The Morgan fingerprint density at radius 2 is 2.12 bits per heavy atom. The zero-order valence-electron chi connectivity index (χ0n) is 14.2. The predicted octanol–water partition coefficient (Wildman–Crippen LogP) is 2.71. The molecule has 6 nitrogen and oxygen atoms in total. The smallest absolute Gasteiger partial charge is 0.214 e. The zero-order chi connectivity index (χ0) is 17.0. The molecule has 130 valence electrons. The minimum absolute atomic E-state index is 0.0546. The van der Waals surface area contributed by atoms with Gasteiger partial charge in [-0.2, -0.15) is 0 Å². The lowest BCUT2D eigenvalue weighted by Gasteiger charge is -2.36. The van der Waals surface area contributed by atoms with E-state index < -0.39 is 0 Å². The second-order valence-electron chi connectivity index (χ2n) is 7.26. The van der Waals surface area contributed by atoms with Gasteiger partial charge in [-0.05, 0) is 31.4 Å². The van der Waals surface area contributed by atoms with E-state index in [2.05, 4.69) is 35.0 Å². The molecule has 1 aromatic carbocycles. The van der Waals surface area contributed by atoms with Gasteiger partial charge in [0.05, 0.1) is 18.5 Å². The Morgan fingerprint density at radius 1 is 1.28 bits per heavy atom. The molecule has 0 amide bonds. The summed E-state index contributed by atoms with van der Waals surface area (Å²) >= 11 is 1.64. The van der Waals surface area contributed by atoms with E-state index in [9.17, 15) is 0 Å². The number of piperidine rings is 1. The molecule has 0 saturated carbocycles. The van der Waals surface area contributed by atoms with Crippen molar-refractivity contribution in [2.24, 2.45) is 5.73 Å². The van der Waals surface area contributed by atoms with Crippen LogP contribution in [0.25, 0.3) is 16.2 Å². The van der Waals surface area contributed by atoms with Gasteiger partial charge >= 0.3 is 0 Å². The summed E-state index contributed by atoms with van der Waals surface area (Å²) in [5, 5.41) is 5.87. The molecular weight excluding hydrogens is 334 g/mol. The normalized spacial score (nSPS) is 19.2. The van der Waals surface area contributed by atoms with E-state index in [1.54, 1.807) is 11.3 Å². The van der Waals surface area contributed by atoms with Crippen LogP contribution in [0.4, 0.5) is 5.13 Å². The summed E-state index contributed by atoms with van der Waals surface area (Å²) in [6.45, 7) is 4.78. The highest BCUT2D eigenvalue weighted by atomic mass is 32.1. The molecule has 2 aliphatic heterocycles. The molecular formula is C18H21N5OS. The van der Waals surface area contributed by atoms with Crippen LogP contribution in [0, 0.1) is 0 Å². The van der Waals surface area contributed by atoms with Gasteiger partial charge in [-0.1, -0.05) is 23.5 Å². The Morgan fingerprint density at radius 3 is 2.96 bits per heavy atom. The van der Waals surface area contributed by atoms with E-state index in [1.165, 1.54) is 5.56 Å². The van der Waals surface area contributed by atoms with Crippen molar-refractivity contribution >= 4 is 21.4 Å². The van der Waals surface area contributed by atoms with Crippen molar-refractivity contribution in [3.8, 4) is 17.0 Å². The molecule has 0 atom stereocenters. The number of fused-ring (bicyclic) bond motifs is 2. The number of rotatable bonds is 2. The van der Waals surface area contributed by atoms with Crippen LogP contribution in [0.1, 0.15) is 25.3 Å². The van der Waals surface area contributed by atoms with Gasteiger partial charge in [0.25, 0.3) is 0 Å². The molecule has 5 rings (SSSR count). The predicted molar refractivity (Wildman–Crippen MR) is 99.5 cm³/mol. The Bertz CT molecular complexity index is 934. The first-order valence-corrected chi connectivity index (χ1v) is 9.56. The topological polar surface area (TPSA) is 68.7 Å².